The van der Waals surface area contributed by atoms with E-state index in [0.29, 0.717) is 5.69 Å². The van der Waals surface area contributed by atoms with Gasteiger partial charge in [0.05, 0.1) is 18.0 Å². The van der Waals surface area contributed by atoms with Crippen LogP contribution in [0.4, 0.5) is 10.5 Å². The summed E-state index contributed by atoms with van der Waals surface area (Å²) < 4.78 is 0. The number of β-amino-alcohol motifs (C(OH)–C–C–N with tert-alkyl or cyclic N) is 1. The lowest BCUT2D eigenvalue weighted by Crippen LogP contribution is -2.43. The molecule has 0 radical (unpaired) electrons. The van der Waals surface area contributed by atoms with Gasteiger partial charge in [-0.25, -0.2) is 9.59 Å². The number of nitrogens with one attached hydrogen (secondary N) is 1. The highest BCUT2D eigenvalue weighted by Crippen LogP contribution is 2.19. The van der Waals surface area contributed by atoms with Crippen LogP contribution in [-0.2, 0) is 4.79 Å². The molecule has 2 rings (SSSR count). The second-order valence-corrected chi connectivity index (χ2v) is 4.51. The maximum absolute atomic E-state index is 12.0. The van der Waals surface area contributed by atoms with Gasteiger partial charge in [-0.1, -0.05) is 0 Å². The van der Waals surface area contributed by atoms with Crippen molar-refractivity contribution in [3.05, 3.63) is 24.0 Å². The van der Waals surface area contributed by atoms with Gasteiger partial charge in [-0.05, 0) is 19.1 Å². The Morgan fingerprint density at radius 2 is 2.21 bits per heavy atom. The number of aliphatic hydroxyl groups is 1. The van der Waals surface area contributed by atoms with Crippen LogP contribution in [0.1, 0.15) is 12.1 Å². The van der Waals surface area contributed by atoms with Crippen LogP contribution in [0, 0.1) is 6.92 Å². The van der Waals surface area contributed by atoms with Crippen LogP contribution in [0.15, 0.2) is 18.3 Å². The number of carbonyl (C=O) groups excluding carboxylic acids is 1. The lowest BCUT2D eigenvalue weighted by molar-refractivity contribution is -0.141. The average molecular weight is 265 g/mol. The van der Waals surface area contributed by atoms with Gasteiger partial charge in [-0.15, -0.1) is 0 Å². The Hall–Kier alpha value is -2.15. The van der Waals surface area contributed by atoms with Crippen LogP contribution < -0.4 is 5.32 Å². The molecule has 0 aliphatic carbocycles. The Labute approximate surface area is 109 Å². The number of amides is 2. The number of carboxylic acid groups (broad SMARTS) is 1. The Morgan fingerprint density at radius 3 is 2.79 bits per heavy atom. The van der Waals surface area contributed by atoms with Crippen molar-refractivity contribution in [2.45, 2.75) is 25.5 Å². The quantitative estimate of drug-likeness (QED) is 0.720. The van der Waals surface area contributed by atoms with E-state index in [2.05, 4.69) is 10.3 Å². The number of aryl methyl sites for hydroxylation is 1. The van der Waals surface area contributed by atoms with Gasteiger partial charge in [0.1, 0.15) is 6.04 Å². The molecule has 1 fully saturated rings. The number of nitrogens with zero attached hydrogens (tertiary/aromatic N) is 2. The number of urea groups is 1. The monoisotopic (exact) mass is 265 g/mol. The lowest BCUT2D eigenvalue weighted by atomic mass is 10.2. The normalized spacial score (nSPS) is 22.3. The van der Waals surface area contributed by atoms with Crippen molar-refractivity contribution in [1.29, 1.82) is 0 Å². The standard InChI is InChI=1S/C12H15N3O4/c1-7-2-3-8(5-13-7)14-12(19)15-6-9(16)4-10(15)11(17)18/h2-3,5,9-10,16H,4,6H2,1H3,(H,14,19)(H,17,18). The topological polar surface area (TPSA) is 103 Å². The van der Waals surface area contributed by atoms with Crippen LogP contribution in [0.5, 0.6) is 0 Å². The number of carbonyl (C=O) groups is 2. The van der Waals surface area contributed by atoms with E-state index in [0.717, 1.165) is 10.6 Å². The minimum Gasteiger partial charge on any atom is -0.480 e. The van der Waals surface area contributed by atoms with Crippen LogP contribution in [0.2, 0.25) is 0 Å². The molecule has 7 heteroatoms. The maximum atomic E-state index is 12.0. The zero-order chi connectivity index (χ0) is 14.0. The fourth-order valence-electron chi connectivity index (χ4n) is 2.01. The van der Waals surface area contributed by atoms with Crippen LogP contribution in [0.3, 0.4) is 0 Å². The second kappa shape index (κ2) is 5.23. The van der Waals surface area contributed by atoms with E-state index in [1.54, 1.807) is 12.1 Å². The summed E-state index contributed by atoms with van der Waals surface area (Å²) in [7, 11) is 0. The van der Waals surface area contributed by atoms with E-state index in [9.17, 15) is 14.7 Å². The van der Waals surface area contributed by atoms with E-state index in [1.165, 1.54) is 6.20 Å². The molecular formula is C12H15N3O4. The predicted molar refractivity (Wildman–Crippen MR) is 66.7 cm³/mol. The van der Waals surface area contributed by atoms with Gasteiger partial charge in [0.15, 0.2) is 0 Å². The molecule has 1 aliphatic heterocycles. The fourth-order valence-corrected chi connectivity index (χ4v) is 2.01. The van der Waals surface area contributed by atoms with Crippen LogP contribution >= 0.6 is 0 Å². The van der Waals surface area contributed by atoms with E-state index in [-0.39, 0.29) is 13.0 Å². The van der Waals surface area contributed by atoms with Crippen molar-refractivity contribution in [3.8, 4) is 0 Å². The number of rotatable bonds is 2. The number of hydrogen-bond donors (Lipinski definition) is 3. The predicted octanol–water partition coefficient (Wildman–Crippen LogP) is 0.442. The minimum absolute atomic E-state index is 0.0160. The van der Waals surface area contributed by atoms with Gasteiger partial charge in [0, 0.05) is 18.7 Å². The molecule has 2 unspecified atom stereocenters. The molecule has 2 amide bonds. The summed E-state index contributed by atoms with van der Waals surface area (Å²) in [6.07, 6.45) is 0.743. The number of likely N-dealkylation sites (tertiary alicyclic amines) is 1. The van der Waals surface area contributed by atoms with Crippen molar-refractivity contribution >= 4 is 17.7 Å². The third kappa shape index (κ3) is 3.00. The molecule has 0 saturated carbocycles. The molecule has 1 aliphatic rings. The number of aromatic nitrogens is 1. The van der Waals surface area contributed by atoms with Gasteiger partial charge >= 0.3 is 12.0 Å². The molecule has 2 atom stereocenters. The van der Waals surface area contributed by atoms with Crippen molar-refractivity contribution in [1.82, 2.24) is 9.88 Å². The van der Waals surface area contributed by atoms with Gasteiger partial charge < -0.3 is 20.4 Å². The molecule has 1 aromatic rings. The second-order valence-electron chi connectivity index (χ2n) is 4.51. The average Bonchev–Trinajstić information content (AvgIpc) is 2.74. The summed E-state index contributed by atoms with van der Waals surface area (Å²) in [6, 6.07) is 1.88. The molecule has 102 valence electrons. The highest BCUT2D eigenvalue weighted by molar-refractivity contribution is 5.92. The molecule has 2 heterocycles. The van der Waals surface area contributed by atoms with Crippen molar-refractivity contribution in [2.75, 3.05) is 11.9 Å². The zero-order valence-corrected chi connectivity index (χ0v) is 10.4. The highest BCUT2D eigenvalue weighted by atomic mass is 16.4. The van der Waals surface area contributed by atoms with Gasteiger partial charge in [-0.3, -0.25) is 4.98 Å². The SMILES string of the molecule is Cc1ccc(NC(=O)N2CC(O)CC2C(=O)O)cn1. The Morgan fingerprint density at radius 1 is 1.47 bits per heavy atom. The molecule has 19 heavy (non-hydrogen) atoms. The van der Waals surface area contributed by atoms with Gasteiger partial charge in [-0.2, -0.15) is 0 Å². The van der Waals surface area contributed by atoms with Crippen molar-refractivity contribution in [2.24, 2.45) is 0 Å². The first kappa shape index (κ1) is 13.3. The zero-order valence-electron chi connectivity index (χ0n) is 10.4. The van der Waals surface area contributed by atoms with E-state index < -0.39 is 24.1 Å². The van der Waals surface area contributed by atoms with Crippen LogP contribution in [-0.4, -0.2) is 50.8 Å². The summed E-state index contributed by atoms with van der Waals surface area (Å²) in [4.78, 5) is 28.1. The minimum atomic E-state index is -1.12. The largest absolute Gasteiger partial charge is 0.480 e. The maximum Gasteiger partial charge on any atom is 0.326 e. The number of aliphatic carboxylic acids is 1. The molecular weight excluding hydrogens is 250 g/mol. The first-order valence-corrected chi connectivity index (χ1v) is 5.88. The molecule has 0 bridgehead atoms. The number of hydrogen-bond acceptors (Lipinski definition) is 4. The third-order valence-corrected chi connectivity index (χ3v) is 2.99. The Kier molecular flexibility index (Phi) is 3.66. The molecule has 1 saturated heterocycles. The summed E-state index contributed by atoms with van der Waals surface area (Å²) >= 11 is 0. The summed E-state index contributed by atoms with van der Waals surface area (Å²) in [5, 5.41) is 21.0. The van der Waals surface area contributed by atoms with Gasteiger partial charge in [0.25, 0.3) is 0 Å². The first-order valence-electron chi connectivity index (χ1n) is 5.88. The van der Waals surface area contributed by atoms with Crippen molar-refractivity contribution < 1.29 is 19.8 Å². The number of carboxylic acids is 1. The smallest absolute Gasteiger partial charge is 0.326 e. The Bertz CT molecular complexity index is 488. The molecule has 7 nitrogen and oxygen atoms in total. The van der Waals surface area contributed by atoms with E-state index >= 15 is 0 Å². The van der Waals surface area contributed by atoms with E-state index in [1.807, 2.05) is 6.92 Å². The molecule has 1 aromatic heterocycles. The van der Waals surface area contributed by atoms with E-state index in [4.69, 9.17) is 5.11 Å². The number of pyridine rings is 1. The molecule has 3 N–H and O–H groups in total. The van der Waals surface area contributed by atoms with Crippen molar-refractivity contribution in [3.63, 3.8) is 0 Å². The highest BCUT2D eigenvalue weighted by Gasteiger charge is 2.38. The molecule has 0 aromatic carbocycles. The summed E-state index contributed by atoms with van der Waals surface area (Å²) in [5.74, 6) is -1.12. The van der Waals surface area contributed by atoms with Gasteiger partial charge in [0.2, 0.25) is 0 Å². The lowest BCUT2D eigenvalue weighted by Gasteiger charge is -2.21. The Balaban J connectivity index is 2.06. The summed E-state index contributed by atoms with van der Waals surface area (Å²) in [5.41, 5.74) is 1.30. The third-order valence-electron chi connectivity index (χ3n) is 2.99. The number of aliphatic hydroxyl groups excluding tert-OH is 1. The van der Waals surface area contributed by atoms with Crippen LogP contribution in [0.25, 0.3) is 0 Å². The number of anilines is 1. The fraction of sp³-hybridized carbons (Fsp3) is 0.417. The molecule has 0 spiro atoms. The summed E-state index contributed by atoms with van der Waals surface area (Å²) in [6.45, 7) is 1.84. The first-order chi connectivity index (χ1) is 8.97.